The second-order valence-corrected chi connectivity index (χ2v) is 3.09. The van der Waals surface area contributed by atoms with E-state index in [-0.39, 0.29) is 1.43 Å². The zero-order valence-corrected chi connectivity index (χ0v) is 9.32. The van der Waals surface area contributed by atoms with Crippen LogP contribution in [-0.2, 0) is 0 Å². The fourth-order valence-electron chi connectivity index (χ4n) is 1.45. The van der Waals surface area contributed by atoms with Gasteiger partial charge in [0.2, 0.25) is 0 Å². The second kappa shape index (κ2) is 4.64. The molecule has 0 spiro atoms. The molecule has 0 saturated heterocycles. The molecule has 0 aliphatic rings. The van der Waals surface area contributed by atoms with Crippen LogP contribution in [0.15, 0.2) is 30.5 Å². The first kappa shape index (κ1) is 11.3. The van der Waals surface area contributed by atoms with Crippen molar-refractivity contribution in [3.8, 4) is 0 Å². The topological polar surface area (TPSA) is 48.0 Å². The molecule has 1 aromatic heterocycles. The Balaban J connectivity index is 0.000000711. The minimum Gasteiger partial charge on any atom is -0.351 e. The number of carbonyl (C=O) groups is 1. The fraction of sp³-hybridized carbons (Fsp3) is 0.250. The fourth-order valence-corrected chi connectivity index (χ4v) is 1.45. The van der Waals surface area contributed by atoms with Crippen molar-refractivity contribution in [3.05, 3.63) is 36.0 Å². The van der Waals surface area contributed by atoms with Gasteiger partial charge >= 0.3 is 6.03 Å². The van der Waals surface area contributed by atoms with Gasteiger partial charge in [-0.2, -0.15) is 0 Å². The van der Waals surface area contributed by atoms with E-state index in [4.69, 9.17) is 5.73 Å². The third kappa shape index (κ3) is 2.18. The first-order valence-corrected chi connectivity index (χ1v) is 5.06. The molecule has 1 amide bonds. The Bertz CT molecular complexity index is 477. The van der Waals surface area contributed by atoms with Crippen LogP contribution in [0.3, 0.4) is 0 Å². The van der Waals surface area contributed by atoms with Crippen LogP contribution < -0.4 is 5.73 Å². The average Bonchev–Trinajstić information content (AvgIpc) is 2.63. The van der Waals surface area contributed by atoms with Crippen molar-refractivity contribution in [3.63, 3.8) is 0 Å². The van der Waals surface area contributed by atoms with Crippen LogP contribution in [0.25, 0.3) is 10.9 Å². The molecule has 15 heavy (non-hydrogen) atoms. The highest BCUT2D eigenvalue weighted by Crippen LogP contribution is 2.16. The number of benzene rings is 1. The molecular formula is C12H18N2O. The number of rotatable bonds is 0. The highest BCUT2D eigenvalue weighted by Gasteiger charge is 2.03. The summed E-state index contributed by atoms with van der Waals surface area (Å²) >= 11 is 0. The maximum atomic E-state index is 10.9. The summed E-state index contributed by atoms with van der Waals surface area (Å²) in [5.74, 6) is 0. The molecule has 3 heteroatoms. The number of fused-ring (bicyclic) bond motifs is 1. The van der Waals surface area contributed by atoms with Crippen LogP contribution in [-0.4, -0.2) is 10.6 Å². The minimum atomic E-state index is -0.446. The van der Waals surface area contributed by atoms with E-state index < -0.39 is 6.03 Å². The van der Waals surface area contributed by atoms with Gasteiger partial charge in [0.15, 0.2) is 0 Å². The first-order valence-electron chi connectivity index (χ1n) is 5.06. The summed E-state index contributed by atoms with van der Waals surface area (Å²) in [6, 6.07) is 7.32. The molecule has 1 heterocycles. The monoisotopic (exact) mass is 206 g/mol. The summed E-state index contributed by atoms with van der Waals surface area (Å²) < 4.78 is 1.44. The van der Waals surface area contributed by atoms with E-state index in [9.17, 15) is 4.79 Å². The van der Waals surface area contributed by atoms with Crippen molar-refractivity contribution in [2.75, 3.05) is 0 Å². The summed E-state index contributed by atoms with van der Waals surface area (Å²) in [6.45, 7) is 6.01. The predicted octanol–water partition coefficient (Wildman–Crippen LogP) is 3.15. The van der Waals surface area contributed by atoms with Crippen molar-refractivity contribution in [2.24, 2.45) is 5.73 Å². The van der Waals surface area contributed by atoms with Crippen molar-refractivity contribution in [1.82, 2.24) is 4.57 Å². The largest absolute Gasteiger partial charge is 0.351 e. The van der Waals surface area contributed by atoms with Crippen LogP contribution in [0.5, 0.6) is 0 Å². The van der Waals surface area contributed by atoms with E-state index in [1.54, 1.807) is 6.20 Å². The molecular weight excluding hydrogens is 188 g/mol. The maximum absolute atomic E-state index is 10.9. The lowest BCUT2D eigenvalue weighted by molar-refractivity contribution is 0.251. The molecule has 1 aromatic carbocycles. The molecule has 2 N–H and O–H groups in total. The third-order valence-electron chi connectivity index (χ3n) is 2.08. The Labute approximate surface area is 91.0 Å². The van der Waals surface area contributed by atoms with Gasteiger partial charge in [0, 0.05) is 13.0 Å². The van der Waals surface area contributed by atoms with Crippen molar-refractivity contribution < 1.29 is 6.22 Å². The summed E-state index contributed by atoms with van der Waals surface area (Å²) in [7, 11) is 0. The van der Waals surface area contributed by atoms with Gasteiger partial charge in [0.1, 0.15) is 0 Å². The van der Waals surface area contributed by atoms with Gasteiger partial charge in [-0.1, -0.05) is 25.5 Å². The highest BCUT2D eigenvalue weighted by molar-refractivity contribution is 5.91. The molecule has 0 saturated carbocycles. The van der Waals surface area contributed by atoms with Crippen molar-refractivity contribution in [2.45, 2.75) is 20.8 Å². The van der Waals surface area contributed by atoms with E-state index in [0.717, 1.165) is 10.9 Å². The Morgan fingerprint density at radius 1 is 1.33 bits per heavy atom. The van der Waals surface area contributed by atoms with Crippen LogP contribution in [0, 0.1) is 6.92 Å². The van der Waals surface area contributed by atoms with E-state index in [0.29, 0.717) is 0 Å². The molecule has 0 fully saturated rings. The number of aromatic nitrogens is 1. The standard InChI is InChI=1S/C10H10N2O.C2H6.H2/c1-7-2-3-9-8(6-7)4-5-12(9)10(11)13;1-2;/h2-6H,1H3,(H2,11,13);1-2H3;1H. The molecule has 82 valence electrons. The Morgan fingerprint density at radius 3 is 2.60 bits per heavy atom. The van der Waals surface area contributed by atoms with Gasteiger partial charge in [-0.25, -0.2) is 4.79 Å². The van der Waals surface area contributed by atoms with E-state index >= 15 is 0 Å². The zero-order chi connectivity index (χ0) is 11.4. The van der Waals surface area contributed by atoms with E-state index in [1.165, 1.54) is 10.1 Å². The Kier molecular flexibility index (Phi) is 3.50. The molecule has 0 unspecified atom stereocenters. The number of aryl methyl sites for hydroxylation is 1. The molecule has 0 bridgehead atoms. The van der Waals surface area contributed by atoms with Gasteiger partial charge < -0.3 is 5.73 Å². The summed E-state index contributed by atoms with van der Waals surface area (Å²) in [5.41, 5.74) is 7.22. The van der Waals surface area contributed by atoms with Crippen LogP contribution in [0.2, 0.25) is 0 Å². The Hall–Kier alpha value is -1.77. The summed E-state index contributed by atoms with van der Waals surface area (Å²) in [4.78, 5) is 10.9. The van der Waals surface area contributed by atoms with Crippen molar-refractivity contribution in [1.29, 1.82) is 0 Å². The lowest BCUT2D eigenvalue weighted by Gasteiger charge is -1.98. The maximum Gasteiger partial charge on any atom is 0.323 e. The van der Waals surface area contributed by atoms with E-state index in [2.05, 4.69) is 0 Å². The molecule has 0 aliphatic heterocycles. The van der Waals surface area contributed by atoms with Gasteiger partial charge in [0.25, 0.3) is 0 Å². The van der Waals surface area contributed by atoms with Gasteiger partial charge in [0.05, 0.1) is 5.52 Å². The molecule has 0 aliphatic carbocycles. The number of hydrogen-bond donors (Lipinski definition) is 1. The molecule has 2 aromatic rings. The SMILES string of the molecule is CC.Cc1ccc2c(ccn2C(N)=O)c1.[HH]. The van der Waals surface area contributed by atoms with Crippen molar-refractivity contribution >= 4 is 16.9 Å². The number of carbonyl (C=O) groups excluding carboxylic acids is 1. The number of nitrogens with zero attached hydrogens (tertiary/aromatic N) is 1. The smallest absolute Gasteiger partial charge is 0.323 e. The van der Waals surface area contributed by atoms with Crippen LogP contribution >= 0.6 is 0 Å². The van der Waals surface area contributed by atoms with Crippen LogP contribution in [0.4, 0.5) is 4.79 Å². The zero-order valence-electron chi connectivity index (χ0n) is 9.32. The molecule has 2 rings (SSSR count). The number of primary amides is 1. The quantitative estimate of drug-likeness (QED) is 0.707. The lowest BCUT2D eigenvalue weighted by Crippen LogP contribution is -2.17. The average molecular weight is 206 g/mol. The van der Waals surface area contributed by atoms with E-state index in [1.807, 2.05) is 45.0 Å². The molecule has 3 nitrogen and oxygen atoms in total. The predicted molar refractivity (Wildman–Crippen MR) is 65.1 cm³/mol. The number of amides is 1. The lowest BCUT2D eigenvalue weighted by atomic mass is 10.2. The van der Waals surface area contributed by atoms with Gasteiger partial charge in [-0.3, -0.25) is 4.57 Å². The van der Waals surface area contributed by atoms with Gasteiger partial charge in [-0.15, -0.1) is 0 Å². The van der Waals surface area contributed by atoms with Gasteiger partial charge in [-0.05, 0) is 25.1 Å². The normalized spacial score (nSPS) is 9.53. The molecule has 0 atom stereocenters. The first-order chi connectivity index (χ1) is 7.18. The third-order valence-corrected chi connectivity index (χ3v) is 2.08. The minimum absolute atomic E-state index is 0. The highest BCUT2D eigenvalue weighted by atomic mass is 16.2. The summed E-state index contributed by atoms with van der Waals surface area (Å²) in [5, 5.41) is 1.04. The van der Waals surface area contributed by atoms with Crippen LogP contribution in [0.1, 0.15) is 20.8 Å². The molecule has 0 radical (unpaired) electrons. The number of hydrogen-bond acceptors (Lipinski definition) is 1. The summed E-state index contributed by atoms with van der Waals surface area (Å²) in [6.07, 6.45) is 1.69. The number of nitrogens with two attached hydrogens (primary N) is 1. The second-order valence-electron chi connectivity index (χ2n) is 3.09. The Morgan fingerprint density at radius 2 is 2.00 bits per heavy atom.